The molecule has 1 atom stereocenters. The molecule has 2 nitrogen and oxygen atoms in total. The van der Waals surface area contributed by atoms with Crippen molar-refractivity contribution in [1.82, 2.24) is 0 Å². The molecule has 1 unspecified atom stereocenters. The predicted molar refractivity (Wildman–Crippen MR) is 78.5 cm³/mol. The molecule has 0 heterocycles. The van der Waals surface area contributed by atoms with Crippen LogP contribution in [0.5, 0.6) is 0 Å². The van der Waals surface area contributed by atoms with Crippen molar-refractivity contribution in [1.29, 1.82) is 0 Å². The standard InChI is InChI=1S/C15H16BrNO/c1-11(12-6-8-14(16)9-7-12)17-15-5-3-2-4-13(15)10-18/h2-9,11,17-18H,10H2,1H3. The number of anilines is 1. The maximum Gasteiger partial charge on any atom is 0.0701 e. The van der Waals surface area contributed by atoms with Crippen LogP contribution in [0, 0.1) is 0 Å². The van der Waals surface area contributed by atoms with E-state index in [2.05, 4.69) is 40.3 Å². The lowest BCUT2D eigenvalue weighted by Gasteiger charge is -2.18. The van der Waals surface area contributed by atoms with Crippen LogP contribution in [0.25, 0.3) is 0 Å². The monoisotopic (exact) mass is 305 g/mol. The maximum atomic E-state index is 9.29. The molecular formula is C15H16BrNO. The van der Waals surface area contributed by atoms with Gasteiger partial charge in [0.25, 0.3) is 0 Å². The van der Waals surface area contributed by atoms with Crippen molar-refractivity contribution in [3.63, 3.8) is 0 Å². The predicted octanol–water partition coefficient (Wildman–Crippen LogP) is 4.11. The number of halogens is 1. The molecule has 94 valence electrons. The SMILES string of the molecule is CC(Nc1ccccc1CO)c1ccc(Br)cc1. The van der Waals surface area contributed by atoms with Gasteiger partial charge in [0, 0.05) is 21.8 Å². The first-order valence-corrected chi connectivity index (χ1v) is 6.71. The lowest BCUT2D eigenvalue weighted by atomic mass is 10.1. The van der Waals surface area contributed by atoms with E-state index in [9.17, 15) is 5.11 Å². The molecule has 2 aromatic rings. The number of para-hydroxylation sites is 1. The average molecular weight is 306 g/mol. The molecule has 0 fully saturated rings. The van der Waals surface area contributed by atoms with Crippen LogP contribution in [0.4, 0.5) is 5.69 Å². The molecule has 0 saturated heterocycles. The van der Waals surface area contributed by atoms with E-state index in [1.807, 2.05) is 36.4 Å². The number of hydrogen-bond acceptors (Lipinski definition) is 2. The summed E-state index contributed by atoms with van der Waals surface area (Å²) in [7, 11) is 0. The second-order valence-electron chi connectivity index (χ2n) is 4.23. The van der Waals surface area contributed by atoms with E-state index in [-0.39, 0.29) is 12.6 Å². The van der Waals surface area contributed by atoms with Crippen LogP contribution < -0.4 is 5.32 Å². The highest BCUT2D eigenvalue weighted by Gasteiger charge is 2.07. The van der Waals surface area contributed by atoms with Crippen LogP contribution in [-0.2, 0) is 6.61 Å². The first kappa shape index (κ1) is 13.1. The van der Waals surface area contributed by atoms with E-state index in [1.165, 1.54) is 5.56 Å². The van der Waals surface area contributed by atoms with Gasteiger partial charge in [-0.25, -0.2) is 0 Å². The van der Waals surface area contributed by atoms with Gasteiger partial charge in [0.15, 0.2) is 0 Å². The third-order valence-corrected chi connectivity index (χ3v) is 3.46. The molecule has 2 rings (SSSR count). The lowest BCUT2D eigenvalue weighted by molar-refractivity contribution is 0.282. The highest BCUT2D eigenvalue weighted by molar-refractivity contribution is 9.10. The van der Waals surface area contributed by atoms with Crippen molar-refractivity contribution >= 4 is 21.6 Å². The summed E-state index contributed by atoms with van der Waals surface area (Å²) in [6, 6.07) is 16.3. The largest absolute Gasteiger partial charge is 0.392 e. The summed E-state index contributed by atoms with van der Waals surface area (Å²) in [5.41, 5.74) is 3.11. The molecule has 0 bridgehead atoms. The van der Waals surface area contributed by atoms with Crippen LogP contribution in [0.1, 0.15) is 24.1 Å². The number of benzene rings is 2. The van der Waals surface area contributed by atoms with Gasteiger partial charge in [-0.1, -0.05) is 46.3 Å². The normalized spacial score (nSPS) is 12.2. The third-order valence-electron chi connectivity index (χ3n) is 2.93. The summed E-state index contributed by atoms with van der Waals surface area (Å²) in [6.45, 7) is 2.16. The molecule has 0 spiro atoms. The molecule has 0 aliphatic heterocycles. The molecular weight excluding hydrogens is 290 g/mol. The van der Waals surface area contributed by atoms with E-state index in [0.29, 0.717) is 0 Å². The Balaban J connectivity index is 2.15. The second kappa shape index (κ2) is 6.03. The van der Waals surface area contributed by atoms with Crippen LogP contribution >= 0.6 is 15.9 Å². The van der Waals surface area contributed by atoms with Crippen molar-refractivity contribution in [2.24, 2.45) is 0 Å². The highest BCUT2D eigenvalue weighted by atomic mass is 79.9. The zero-order valence-electron chi connectivity index (χ0n) is 10.2. The van der Waals surface area contributed by atoms with Crippen molar-refractivity contribution in [2.45, 2.75) is 19.6 Å². The molecule has 0 aromatic heterocycles. The molecule has 0 radical (unpaired) electrons. The zero-order valence-corrected chi connectivity index (χ0v) is 11.8. The number of aliphatic hydroxyl groups excluding tert-OH is 1. The van der Waals surface area contributed by atoms with E-state index >= 15 is 0 Å². The Hall–Kier alpha value is -1.32. The van der Waals surface area contributed by atoms with Gasteiger partial charge in [-0.2, -0.15) is 0 Å². The maximum absolute atomic E-state index is 9.29. The second-order valence-corrected chi connectivity index (χ2v) is 5.15. The van der Waals surface area contributed by atoms with E-state index in [0.717, 1.165) is 15.7 Å². The Kier molecular flexibility index (Phi) is 4.39. The van der Waals surface area contributed by atoms with Crippen molar-refractivity contribution in [3.05, 3.63) is 64.1 Å². The zero-order chi connectivity index (χ0) is 13.0. The minimum Gasteiger partial charge on any atom is -0.392 e. The fraction of sp³-hybridized carbons (Fsp3) is 0.200. The minimum absolute atomic E-state index is 0.0518. The fourth-order valence-corrected chi connectivity index (χ4v) is 2.13. The quantitative estimate of drug-likeness (QED) is 0.891. The first-order chi connectivity index (χ1) is 8.70. The Morgan fingerprint density at radius 2 is 1.78 bits per heavy atom. The van der Waals surface area contributed by atoms with Crippen LogP contribution in [0.3, 0.4) is 0 Å². The van der Waals surface area contributed by atoms with Crippen LogP contribution in [0.2, 0.25) is 0 Å². The summed E-state index contributed by atoms with van der Waals surface area (Å²) in [5.74, 6) is 0. The number of rotatable bonds is 4. The Bertz CT molecular complexity index is 510. The Morgan fingerprint density at radius 3 is 2.44 bits per heavy atom. The van der Waals surface area contributed by atoms with Gasteiger partial charge >= 0.3 is 0 Å². The van der Waals surface area contributed by atoms with Crippen LogP contribution in [-0.4, -0.2) is 5.11 Å². The molecule has 0 amide bonds. The summed E-state index contributed by atoms with van der Waals surface area (Å²) in [4.78, 5) is 0. The molecule has 0 saturated carbocycles. The Morgan fingerprint density at radius 1 is 1.11 bits per heavy atom. The van der Waals surface area contributed by atoms with E-state index < -0.39 is 0 Å². The smallest absolute Gasteiger partial charge is 0.0701 e. The van der Waals surface area contributed by atoms with Gasteiger partial charge in [-0.15, -0.1) is 0 Å². The summed E-state index contributed by atoms with van der Waals surface area (Å²) >= 11 is 3.43. The van der Waals surface area contributed by atoms with Gasteiger partial charge < -0.3 is 10.4 Å². The lowest BCUT2D eigenvalue weighted by Crippen LogP contribution is -2.08. The van der Waals surface area contributed by atoms with Gasteiger partial charge in [0.05, 0.1) is 6.61 Å². The van der Waals surface area contributed by atoms with Gasteiger partial charge in [-0.05, 0) is 30.7 Å². The topological polar surface area (TPSA) is 32.3 Å². The summed E-state index contributed by atoms with van der Waals surface area (Å²) in [6.07, 6.45) is 0. The van der Waals surface area contributed by atoms with Crippen molar-refractivity contribution in [3.8, 4) is 0 Å². The van der Waals surface area contributed by atoms with Gasteiger partial charge in [-0.3, -0.25) is 0 Å². The number of aliphatic hydroxyl groups is 1. The molecule has 0 aliphatic carbocycles. The highest BCUT2D eigenvalue weighted by Crippen LogP contribution is 2.23. The number of nitrogens with one attached hydrogen (secondary N) is 1. The first-order valence-electron chi connectivity index (χ1n) is 5.91. The van der Waals surface area contributed by atoms with Crippen molar-refractivity contribution in [2.75, 3.05) is 5.32 Å². The molecule has 2 aromatic carbocycles. The fourth-order valence-electron chi connectivity index (χ4n) is 1.87. The number of hydrogen-bond donors (Lipinski definition) is 2. The minimum atomic E-state index is 0.0518. The molecule has 18 heavy (non-hydrogen) atoms. The van der Waals surface area contributed by atoms with Gasteiger partial charge in [0.1, 0.15) is 0 Å². The molecule has 0 aliphatic rings. The molecule has 2 N–H and O–H groups in total. The van der Waals surface area contributed by atoms with E-state index in [4.69, 9.17) is 0 Å². The summed E-state index contributed by atoms with van der Waals surface area (Å²) < 4.78 is 1.08. The van der Waals surface area contributed by atoms with Gasteiger partial charge in [0.2, 0.25) is 0 Å². The van der Waals surface area contributed by atoms with E-state index in [1.54, 1.807) is 0 Å². The average Bonchev–Trinajstić information content (AvgIpc) is 2.40. The van der Waals surface area contributed by atoms with Crippen LogP contribution in [0.15, 0.2) is 53.0 Å². The summed E-state index contributed by atoms with van der Waals surface area (Å²) in [5, 5.41) is 12.7. The third kappa shape index (κ3) is 3.12. The van der Waals surface area contributed by atoms with Crippen molar-refractivity contribution < 1.29 is 5.11 Å². The Labute approximate surface area is 116 Å². The molecule has 3 heteroatoms.